The van der Waals surface area contributed by atoms with Gasteiger partial charge in [0, 0.05) is 19.0 Å². The van der Waals surface area contributed by atoms with Crippen LogP contribution in [0, 0.1) is 0 Å². The smallest absolute Gasteiger partial charge is 0.241 e. The molecule has 1 atom stereocenters. The maximum atomic E-state index is 12.7. The summed E-state index contributed by atoms with van der Waals surface area (Å²) in [5.74, 6) is -0.0389. The average molecular weight is 473 g/mol. The lowest BCUT2D eigenvalue weighted by Crippen LogP contribution is -2.26. The van der Waals surface area contributed by atoms with Crippen molar-refractivity contribution in [2.45, 2.75) is 37.2 Å². The molecule has 0 saturated carbocycles. The third-order valence-electron chi connectivity index (χ3n) is 5.86. The minimum absolute atomic E-state index is 0.0389. The van der Waals surface area contributed by atoms with E-state index in [9.17, 15) is 13.2 Å². The highest BCUT2D eigenvalue weighted by atomic mass is 32.2. The Kier molecular flexibility index (Phi) is 7.40. The highest BCUT2D eigenvalue weighted by Gasteiger charge is 2.18. The number of amides is 1. The molecule has 5 nitrogen and oxygen atoms in total. The molecule has 1 amide bonds. The van der Waals surface area contributed by atoms with Crippen LogP contribution in [0.1, 0.15) is 36.1 Å². The number of rotatable bonds is 9. The monoisotopic (exact) mass is 472 g/mol. The van der Waals surface area contributed by atoms with Gasteiger partial charge < -0.3 is 5.32 Å². The summed E-state index contributed by atoms with van der Waals surface area (Å²) in [7, 11) is -3.64. The van der Waals surface area contributed by atoms with Gasteiger partial charge in [-0.3, -0.25) is 4.79 Å². The Hall–Kier alpha value is -3.48. The molecule has 0 radical (unpaired) electrons. The molecule has 0 heterocycles. The van der Waals surface area contributed by atoms with Gasteiger partial charge in [0.2, 0.25) is 15.9 Å². The molecule has 1 unspecified atom stereocenters. The lowest BCUT2D eigenvalue weighted by atomic mass is 10.0. The lowest BCUT2D eigenvalue weighted by molar-refractivity contribution is -0.121. The second-order valence-corrected chi connectivity index (χ2v) is 10.0. The molecule has 2 N–H and O–H groups in total. The predicted octanol–water partition coefficient (Wildman–Crippen LogP) is 5.13. The summed E-state index contributed by atoms with van der Waals surface area (Å²) in [6.45, 7) is 2.29. The van der Waals surface area contributed by atoms with E-state index in [0.29, 0.717) is 19.4 Å². The molecule has 174 valence electrons. The van der Waals surface area contributed by atoms with Gasteiger partial charge in [0.05, 0.1) is 4.90 Å². The average Bonchev–Trinajstić information content (AvgIpc) is 2.86. The number of sulfonamides is 1. The molecule has 0 saturated heterocycles. The van der Waals surface area contributed by atoms with Crippen LogP contribution in [0.3, 0.4) is 0 Å². The first-order valence-electron chi connectivity index (χ1n) is 11.3. The first-order chi connectivity index (χ1) is 16.4. The van der Waals surface area contributed by atoms with Crippen LogP contribution in [-0.4, -0.2) is 14.3 Å². The summed E-state index contributed by atoms with van der Waals surface area (Å²) in [6.07, 6.45) is 0.871. The normalized spacial score (nSPS) is 12.4. The number of carbonyl (C=O) groups is 1. The number of fused-ring (bicyclic) bond motifs is 1. The van der Waals surface area contributed by atoms with Crippen LogP contribution in [0.2, 0.25) is 0 Å². The fourth-order valence-corrected chi connectivity index (χ4v) is 5.16. The van der Waals surface area contributed by atoms with Crippen LogP contribution in [0.15, 0.2) is 102 Å². The van der Waals surface area contributed by atoms with E-state index in [4.69, 9.17) is 0 Å². The lowest BCUT2D eigenvalue weighted by Gasteiger charge is -2.15. The molecule has 0 aliphatic carbocycles. The van der Waals surface area contributed by atoms with Crippen LogP contribution in [-0.2, 0) is 27.8 Å². The SMILES string of the molecule is CC(NS(=O)(=O)c1ccc(CCC(=O)NCc2cccc3ccccc23)cc1)c1ccccc1. The van der Waals surface area contributed by atoms with Gasteiger partial charge in [0.15, 0.2) is 0 Å². The highest BCUT2D eigenvalue weighted by Crippen LogP contribution is 2.19. The van der Waals surface area contributed by atoms with E-state index in [2.05, 4.69) is 28.2 Å². The van der Waals surface area contributed by atoms with Gasteiger partial charge in [0.1, 0.15) is 0 Å². The standard InChI is InChI=1S/C28H28N2O3S/c1-21(23-8-3-2-4-9-23)30-34(32,33)26-17-14-22(15-18-26)16-19-28(31)29-20-25-12-7-11-24-10-5-6-13-27(24)25/h2-15,17-18,21,30H,16,19-20H2,1H3,(H,29,31). The Morgan fingerprint density at radius 3 is 2.26 bits per heavy atom. The maximum absolute atomic E-state index is 12.7. The number of carbonyl (C=O) groups excluding carboxylic acids is 1. The zero-order valence-corrected chi connectivity index (χ0v) is 19.9. The van der Waals surface area contributed by atoms with Crippen LogP contribution < -0.4 is 10.0 Å². The molecular weight excluding hydrogens is 444 g/mol. The summed E-state index contributed by atoms with van der Waals surface area (Å²) < 4.78 is 28.2. The van der Waals surface area contributed by atoms with E-state index in [1.807, 2.05) is 61.5 Å². The fourth-order valence-electron chi connectivity index (χ4n) is 3.93. The number of hydrogen-bond acceptors (Lipinski definition) is 3. The van der Waals surface area contributed by atoms with Crippen molar-refractivity contribution in [1.82, 2.24) is 10.0 Å². The van der Waals surface area contributed by atoms with Gasteiger partial charge in [-0.25, -0.2) is 13.1 Å². The Balaban J connectivity index is 1.30. The minimum Gasteiger partial charge on any atom is -0.352 e. The van der Waals surface area contributed by atoms with Crippen molar-refractivity contribution in [3.05, 3.63) is 114 Å². The number of benzene rings is 4. The first kappa shape index (κ1) is 23.7. The molecular formula is C28H28N2O3S. The van der Waals surface area contributed by atoms with E-state index < -0.39 is 10.0 Å². The third-order valence-corrected chi connectivity index (χ3v) is 7.42. The molecule has 0 spiro atoms. The summed E-state index contributed by atoms with van der Waals surface area (Å²) in [4.78, 5) is 12.6. The van der Waals surface area contributed by atoms with Crippen LogP contribution in [0.4, 0.5) is 0 Å². The van der Waals surface area contributed by atoms with Crippen molar-refractivity contribution < 1.29 is 13.2 Å². The zero-order valence-electron chi connectivity index (χ0n) is 19.1. The third kappa shape index (κ3) is 5.90. The Bertz CT molecular complexity index is 1360. The Morgan fingerprint density at radius 1 is 0.824 bits per heavy atom. The van der Waals surface area contributed by atoms with Crippen molar-refractivity contribution in [2.75, 3.05) is 0 Å². The molecule has 0 aliphatic heterocycles. The molecule has 34 heavy (non-hydrogen) atoms. The van der Waals surface area contributed by atoms with Crippen molar-refractivity contribution in [3.8, 4) is 0 Å². The second-order valence-electron chi connectivity index (χ2n) is 8.31. The van der Waals surface area contributed by atoms with Gasteiger partial charge in [-0.1, -0.05) is 84.9 Å². The zero-order chi connectivity index (χ0) is 24.0. The van der Waals surface area contributed by atoms with Crippen LogP contribution in [0.25, 0.3) is 10.8 Å². The molecule has 4 aromatic carbocycles. The highest BCUT2D eigenvalue weighted by molar-refractivity contribution is 7.89. The Morgan fingerprint density at radius 2 is 1.50 bits per heavy atom. The second kappa shape index (κ2) is 10.6. The van der Waals surface area contributed by atoms with Crippen molar-refractivity contribution in [3.63, 3.8) is 0 Å². The summed E-state index contributed by atoms with van der Waals surface area (Å²) in [6, 6.07) is 30.0. The van der Waals surface area contributed by atoms with Crippen molar-refractivity contribution in [1.29, 1.82) is 0 Å². The molecule has 0 fully saturated rings. The summed E-state index contributed by atoms with van der Waals surface area (Å²) in [5, 5.41) is 5.28. The topological polar surface area (TPSA) is 75.3 Å². The summed E-state index contributed by atoms with van der Waals surface area (Å²) >= 11 is 0. The van der Waals surface area contributed by atoms with E-state index in [1.54, 1.807) is 24.3 Å². The minimum atomic E-state index is -3.64. The van der Waals surface area contributed by atoms with Crippen molar-refractivity contribution >= 4 is 26.7 Å². The number of aryl methyl sites for hydroxylation is 1. The fraction of sp³-hybridized carbons (Fsp3) is 0.179. The van der Waals surface area contributed by atoms with Crippen molar-refractivity contribution in [2.24, 2.45) is 0 Å². The van der Waals surface area contributed by atoms with Crippen LogP contribution >= 0.6 is 0 Å². The quantitative estimate of drug-likeness (QED) is 0.355. The molecule has 4 aromatic rings. The molecule has 0 aromatic heterocycles. The van der Waals surface area contributed by atoms with Crippen LogP contribution in [0.5, 0.6) is 0 Å². The van der Waals surface area contributed by atoms with Gasteiger partial charge in [-0.05, 0) is 52.9 Å². The molecule has 4 rings (SSSR count). The van der Waals surface area contributed by atoms with E-state index >= 15 is 0 Å². The number of hydrogen-bond donors (Lipinski definition) is 2. The molecule has 0 bridgehead atoms. The first-order valence-corrected chi connectivity index (χ1v) is 12.8. The Labute approximate surface area is 200 Å². The summed E-state index contributed by atoms with van der Waals surface area (Å²) in [5.41, 5.74) is 2.89. The molecule has 0 aliphatic rings. The van der Waals surface area contributed by atoms with Gasteiger partial charge in [0.25, 0.3) is 0 Å². The maximum Gasteiger partial charge on any atom is 0.241 e. The predicted molar refractivity (Wildman–Crippen MR) is 136 cm³/mol. The molecule has 6 heteroatoms. The van der Waals surface area contributed by atoms with Gasteiger partial charge in [-0.15, -0.1) is 0 Å². The largest absolute Gasteiger partial charge is 0.352 e. The number of nitrogens with one attached hydrogen (secondary N) is 2. The van der Waals surface area contributed by atoms with E-state index in [1.165, 1.54) is 0 Å². The van der Waals surface area contributed by atoms with E-state index in [0.717, 1.165) is 27.5 Å². The van der Waals surface area contributed by atoms with Gasteiger partial charge >= 0.3 is 0 Å². The van der Waals surface area contributed by atoms with Gasteiger partial charge in [-0.2, -0.15) is 0 Å². The van der Waals surface area contributed by atoms with E-state index in [-0.39, 0.29) is 16.8 Å².